The molecule has 1 aromatic rings. The van der Waals surface area contributed by atoms with Gasteiger partial charge >= 0.3 is 0 Å². The summed E-state index contributed by atoms with van der Waals surface area (Å²) in [5, 5.41) is 5.04. The van der Waals surface area contributed by atoms with Gasteiger partial charge in [-0.05, 0) is 81.9 Å². The molecule has 3 aliphatic rings. The summed E-state index contributed by atoms with van der Waals surface area (Å²) in [6.07, 6.45) is 6.02. The van der Waals surface area contributed by atoms with Gasteiger partial charge in [0.05, 0.1) is 6.04 Å². The molecule has 0 aliphatic carbocycles. The molecule has 30 heavy (non-hydrogen) atoms. The van der Waals surface area contributed by atoms with E-state index in [4.69, 9.17) is 4.84 Å². The number of piperidine rings is 1. The van der Waals surface area contributed by atoms with Crippen molar-refractivity contribution in [3.8, 4) is 0 Å². The Morgan fingerprint density at radius 1 is 1.17 bits per heavy atom. The van der Waals surface area contributed by atoms with Crippen LogP contribution in [0, 0.1) is 5.92 Å². The molecule has 1 amide bonds. The van der Waals surface area contributed by atoms with E-state index >= 15 is 0 Å². The first-order valence-corrected chi connectivity index (χ1v) is 11.9. The van der Waals surface area contributed by atoms with E-state index in [2.05, 4.69) is 41.1 Å². The summed E-state index contributed by atoms with van der Waals surface area (Å²) in [7, 11) is 0. The predicted octanol–water partition coefficient (Wildman–Crippen LogP) is 3.27. The number of nitrogens with zero attached hydrogens (tertiary/aromatic N) is 3. The number of hydroxylamine groups is 2. The lowest BCUT2D eigenvalue weighted by Gasteiger charge is -2.38. The number of piperazine rings is 1. The molecule has 0 aromatic heterocycles. The average molecular weight is 415 g/mol. The van der Waals surface area contributed by atoms with Gasteiger partial charge in [0.15, 0.2) is 0 Å². The van der Waals surface area contributed by atoms with Gasteiger partial charge < -0.3 is 10.2 Å². The van der Waals surface area contributed by atoms with Gasteiger partial charge in [-0.25, -0.2) is 5.06 Å². The Hall–Kier alpha value is -1.63. The quantitative estimate of drug-likeness (QED) is 0.742. The third-order valence-electron chi connectivity index (χ3n) is 7.04. The lowest BCUT2D eigenvalue weighted by atomic mass is 9.94. The fraction of sp³-hybridized carbons (Fsp3) is 0.708. The largest absolute Gasteiger partial charge is 0.369 e. The van der Waals surface area contributed by atoms with E-state index in [0.717, 1.165) is 56.1 Å². The summed E-state index contributed by atoms with van der Waals surface area (Å²) in [6.45, 7) is 12.7. The zero-order chi connectivity index (χ0) is 20.9. The van der Waals surface area contributed by atoms with Crippen molar-refractivity contribution in [2.24, 2.45) is 5.92 Å². The molecule has 6 nitrogen and oxygen atoms in total. The van der Waals surface area contributed by atoms with Crippen molar-refractivity contribution in [3.05, 3.63) is 29.3 Å². The fourth-order valence-corrected chi connectivity index (χ4v) is 5.05. The van der Waals surface area contributed by atoms with Crippen LogP contribution < -0.4 is 10.2 Å². The Morgan fingerprint density at radius 2 is 1.93 bits per heavy atom. The van der Waals surface area contributed by atoms with Crippen LogP contribution >= 0.6 is 0 Å². The van der Waals surface area contributed by atoms with Crippen molar-refractivity contribution < 1.29 is 9.63 Å². The van der Waals surface area contributed by atoms with Gasteiger partial charge in [0.25, 0.3) is 5.91 Å². The number of hydrogen-bond donors (Lipinski definition) is 1. The van der Waals surface area contributed by atoms with Crippen molar-refractivity contribution in [1.82, 2.24) is 15.3 Å². The molecule has 3 heterocycles. The van der Waals surface area contributed by atoms with Crippen molar-refractivity contribution in [2.45, 2.75) is 58.6 Å². The standard InChI is InChI=1S/C24H38N4O2/c1-3-4-19(2)28-24(29)23-6-5-22(17-21(23)18-30-28)27-15-13-26(14-16-27)12-9-20-7-10-25-11-8-20/h5-6,17,19-20,25H,3-4,7-16,18H2,1-2H3. The van der Waals surface area contributed by atoms with Crippen LogP contribution in [0.2, 0.25) is 0 Å². The summed E-state index contributed by atoms with van der Waals surface area (Å²) in [4.78, 5) is 23.8. The Morgan fingerprint density at radius 3 is 2.67 bits per heavy atom. The minimum Gasteiger partial charge on any atom is -0.369 e. The maximum absolute atomic E-state index is 12.8. The number of anilines is 1. The number of rotatable bonds is 7. The normalized spacial score (nSPS) is 22.3. The third-order valence-corrected chi connectivity index (χ3v) is 7.04. The van der Waals surface area contributed by atoms with E-state index in [-0.39, 0.29) is 11.9 Å². The van der Waals surface area contributed by atoms with Crippen LogP contribution in [0.15, 0.2) is 18.2 Å². The highest BCUT2D eigenvalue weighted by Crippen LogP contribution is 2.28. The molecule has 0 spiro atoms. The molecule has 2 saturated heterocycles. The van der Waals surface area contributed by atoms with E-state index in [1.165, 1.54) is 44.6 Å². The van der Waals surface area contributed by atoms with Gasteiger partial charge in [-0.1, -0.05) is 13.3 Å². The SMILES string of the molecule is CCCC(C)N1OCc2cc(N3CCN(CCC4CCNCC4)CC3)ccc2C1=O. The second kappa shape index (κ2) is 10.1. The molecule has 166 valence electrons. The Kier molecular flexibility index (Phi) is 7.28. The maximum Gasteiger partial charge on any atom is 0.278 e. The van der Waals surface area contributed by atoms with Gasteiger partial charge in [0.2, 0.25) is 0 Å². The number of carbonyl (C=O) groups excluding carboxylic acids is 1. The zero-order valence-corrected chi connectivity index (χ0v) is 18.7. The van der Waals surface area contributed by atoms with Gasteiger partial charge in [0, 0.05) is 37.4 Å². The molecule has 0 saturated carbocycles. The first kappa shape index (κ1) is 21.6. The Labute approximate surface area is 181 Å². The molecule has 3 aliphatic heterocycles. The number of benzene rings is 1. The first-order valence-electron chi connectivity index (χ1n) is 11.9. The Bertz CT molecular complexity index is 711. The lowest BCUT2D eigenvalue weighted by Crippen LogP contribution is -2.47. The van der Waals surface area contributed by atoms with E-state index in [0.29, 0.717) is 6.61 Å². The number of amides is 1. The van der Waals surface area contributed by atoms with Gasteiger partial charge in [-0.2, -0.15) is 0 Å². The molecule has 0 bridgehead atoms. The molecule has 1 atom stereocenters. The number of fused-ring (bicyclic) bond motifs is 1. The molecular weight excluding hydrogens is 376 g/mol. The zero-order valence-electron chi connectivity index (χ0n) is 18.7. The minimum atomic E-state index is 0.00600. The molecule has 6 heteroatoms. The smallest absolute Gasteiger partial charge is 0.278 e. The van der Waals surface area contributed by atoms with Crippen LogP contribution in [0.3, 0.4) is 0 Å². The Balaban J connectivity index is 1.30. The highest BCUT2D eigenvalue weighted by molar-refractivity contribution is 5.96. The number of hydrogen-bond acceptors (Lipinski definition) is 5. The topological polar surface area (TPSA) is 48.1 Å². The van der Waals surface area contributed by atoms with Crippen LogP contribution in [-0.2, 0) is 11.4 Å². The van der Waals surface area contributed by atoms with Crippen molar-refractivity contribution in [1.29, 1.82) is 0 Å². The highest BCUT2D eigenvalue weighted by Gasteiger charge is 2.29. The summed E-state index contributed by atoms with van der Waals surface area (Å²) in [5.41, 5.74) is 3.04. The molecule has 0 radical (unpaired) electrons. The number of carbonyl (C=O) groups is 1. The monoisotopic (exact) mass is 414 g/mol. The van der Waals surface area contributed by atoms with E-state index < -0.39 is 0 Å². The average Bonchev–Trinajstić information content (AvgIpc) is 2.79. The van der Waals surface area contributed by atoms with Crippen LogP contribution in [0.1, 0.15) is 61.9 Å². The van der Waals surface area contributed by atoms with Crippen LogP contribution in [-0.4, -0.2) is 67.7 Å². The molecule has 2 fully saturated rings. The van der Waals surface area contributed by atoms with Gasteiger partial charge in [0.1, 0.15) is 6.61 Å². The number of nitrogens with one attached hydrogen (secondary N) is 1. The molecule has 1 N–H and O–H groups in total. The third kappa shape index (κ3) is 4.98. The fourth-order valence-electron chi connectivity index (χ4n) is 5.05. The van der Waals surface area contributed by atoms with Crippen molar-refractivity contribution in [3.63, 3.8) is 0 Å². The second-order valence-corrected chi connectivity index (χ2v) is 9.19. The van der Waals surface area contributed by atoms with E-state index in [1.54, 1.807) is 5.06 Å². The first-order chi connectivity index (χ1) is 14.7. The van der Waals surface area contributed by atoms with Gasteiger partial charge in [-0.3, -0.25) is 14.5 Å². The summed E-state index contributed by atoms with van der Waals surface area (Å²) in [5.74, 6) is 0.911. The van der Waals surface area contributed by atoms with E-state index in [1.807, 2.05) is 6.07 Å². The minimum absolute atomic E-state index is 0.00600. The van der Waals surface area contributed by atoms with Crippen LogP contribution in [0.5, 0.6) is 0 Å². The molecule has 1 unspecified atom stereocenters. The lowest BCUT2D eigenvalue weighted by molar-refractivity contribution is -0.162. The highest BCUT2D eigenvalue weighted by atomic mass is 16.7. The summed E-state index contributed by atoms with van der Waals surface area (Å²) < 4.78 is 0. The summed E-state index contributed by atoms with van der Waals surface area (Å²) >= 11 is 0. The van der Waals surface area contributed by atoms with Crippen molar-refractivity contribution in [2.75, 3.05) is 50.7 Å². The summed E-state index contributed by atoms with van der Waals surface area (Å²) in [6, 6.07) is 6.41. The predicted molar refractivity (Wildman–Crippen MR) is 121 cm³/mol. The maximum atomic E-state index is 12.8. The molecular formula is C24H38N4O2. The van der Waals surface area contributed by atoms with Crippen LogP contribution in [0.4, 0.5) is 5.69 Å². The molecule has 1 aromatic carbocycles. The van der Waals surface area contributed by atoms with Gasteiger partial charge in [-0.15, -0.1) is 0 Å². The van der Waals surface area contributed by atoms with Crippen LogP contribution in [0.25, 0.3) is 0 Å². The second-order valence-electron chi connectivity index (χ2n) is 9.19. The van der Waals surface area contributed by atoms with Crippen molar-refractivity contribution >= 4 is 11.6 Å². The van der Waals surface area contributed by atoms with E-state index in [9.17, 15) is 4.79 Å². The molecule has 4 rings (SSSR count).